The highest BCUT2D eigenvalue weighted by Gasteiger charge is 2.13. The first-order valence-corrected chi connectivity index (χ1v) is 9.44. The highest BCUT2D eigenvalue weighted by atomic mass is 16.6. The van der Waals surface area contributed by atoms with Gasteiger partial charge in [-0.15, -0.1) is 0 Å². The van der Waals surface area contributed by atoms with E-state index in [-0.39, 0.29) is 5.95 Å². The van der Waals surface area contributed by atoms with Gasteiger partial charge in [0, 0.05) is 17.5 Å². The maximum absolute atomic E-state index is 10.9. The maximum Gasteiger partial charge on any atom is 0.434 e. The SMILES string of the molecule is O=[N+]([O-])c1nccn1CCCCNc1nc(-c2ccccc2)nc2ccccc12. The van der Waals surface area contributed by atoms with Gasteiger partial charge in [0.1, 0.15) is 18.2 Å². The maximum atomic E-state index is 10.9. The Morgan fingerprint density at radius 1 is 1.00 bits per heavy atom. The molecule has 29 heavy (non-hydrogen) atoms. The van der Waals surface area contributed by atoms with Crippen LogP contribution in [0.2, 0.25) is 0 Å². The molecule has 8 heteroatoms. The summed E-state index contributed by atoms with van der Waals surface area (Å²) >= 11 is 0. The second-order valence-electron chi connectivity index (χ2n) is 6.59. The Bertz CT molecular complexity index is 1130. The average molecular weight is 388 g/mol. The van der Waals surface area contributed by atoms with Crippen LogP contribution in [-0.2, 0) is 6.54 Å². The van der Waals surface area contributed by atoms with Crippen molar-refractivity contribution in [1.29, 1.82) is 0 Å². The van der Waals surface area contributed by atoms with E-state index in [0.29, 0.717) is 18.9 Å². The van der Waals surface area contributed by atoms with Gasteiger partial charge in [-0.25, -0.2) is 14.5 Å². The molecule has 0 fully saturated rings. The summed E-state index contributed by atoms with van der Waals surface area (Å²) in [6.45, 7) is 1.26. The second-order valence-corrected chi connectivity index (χ2v) is 6.59. The minimum absolute atomic E-state index is 0.118. The van der Waals surface area contributed by atoms with Gasteiger partial charge in [-0.2, -0.15) is 0 Å². The first-order valence-electron chi connectivity index (χ1n) is 9.44. The molecule has 2 aromatic carbocycles. The third-order valence-corrected chi connectivity index (χ3v) is 4.61. The Balaban J connectivity index is 1.45. The summed E-state index contributed by atoms with van der Waals surface area (Å²) in [6.07, 6.45) is 4.72. The minimum atomic E-state index is -0.462. The largest absolute Gasteiger partial charge is 0.434 e. The second kappa shape index (κ2) is 8.47. The Morgan fingerprint density at radius 3 is 2.62 bits per heavy atom. The summed E-state index contributed by atoms with van der Waals surface area (Å²) in [5.74, 6) is 1.36. The zero-order valence-electron chi connectivity index (χ0n) is 15.7. The number of unbranched alkanes of at least 4 members (excludes halogenated alkanes) is 1. The number of fused-ring (bicyclic) bond motifs is 1. The molecule has 0 amide bonds. The van der Waals surface area contributed by atoms with Crippen LogP contribution in [0.25, 0.3) is 22.3 Å². The Morgan fingerprint density at radius 2 is 1.79 bits per heavy atom. The molecule has 8 nitrogen and oxygen atoms in total. The molecule has 0 spiro atoms. The lowest BCUT2D eigenvalue weighted by atomic mass is 10.2. The monoisotopic (exact) mass is 388 g/mol. The van der Waals surface area contributed by atoms with E-state index < -0.39 is 4.92 Å². The zero-order valence-corrected chi connectivity index (χ0v) is 15.7. The van der Waals surface area contributed by atoms with Crippen LogP contribution in [0.1, 0.15) is 12.8 Å². The third-order valence-electron chi connectivity index (χ3n) is 4.61. The van der Waals surface area contributed by atoms with Gasteiger partial charge in [0.05, 0.1) is 12.1 Å². The number of anilines is 1. The normalized spacial score (nSPS) is 10.9. The van der Waals surface area contributed by atoms with Gasteiger partial charge in [0.25, 0.3) is 0 Å². The molecule has 0 unspecified atom stereocenters. The summed E-state index contributed by atoms with van der Waals surface area (Å²) in [5.41, 5.74) is 1.85. The van der Waals surface area contributed by atoms with Crippen LogP contribution in [0, 0.1) is 10.1 Å². The molecule has 2 heterocycles. The van der Waals surface area contributed by atoms with E-state index >= 15 is 0 Å². The molecule has 4 aromatic rings. The molecular formula is C21H20N6O2. The van der Waals surface area contributed by atoms with Crippen molar-refractivity contribution in [1.82, 2.24) is 19.5 Å². The molecule has 4 rings (SSSR count). The highest BCUT2D eigenvalue weighted by Crippen LogP contribution is 2.24. The summed E-state index contributed by atoms with van der Waals surface area (Å²) < 4.78 is 1.56. The standard InChI is InChI=1S/C21H20N6O2/c28-27(29)21-23-13-15-26(21)14-7-6-12-22-20-17-10-4-5-11-18(17)24-19(25-20)16-8-2-1-3-9-16/h1-5,8-11,13,15H,6-7,12,14H2,(H,22,24,25). The summed E-state index contributed by atoms with van der Waals surface area (Å²) in [4.78, 5) is 23.6. The lowest BCUT2D eigenvalue weighted by Crippen LogP contribution is -2.08. The van der Waals surface area contributed by atoms with E-state index in [2.05, 4.69) is 15.3 Å². The molecule has 0 radical (unpaired) electrons. The topological polar surface area (TPSA) is 98.8 Å². The fourth-order valence-electron chi connectivity index (χ4n) is 3.19. The first kappa shape index (κ1) is 18.5. The molecule has 0 aliphatic heterocycles. The highest BCUT2D eigenvalue weighted by molar-refractivity contribution is 5.90. The number of nitrogens with one attached hydrogen (secondary N) is 1. The van der Waals surface area contributed by atoms with Crippen molar-refractivity contribution in [3.05, 3.63) is 77.1 Å². The Hall–Kier alpha value is -3.81. The molecule has 0 aliphatic carbocycles. The van der Waals surface area contributed by atoms with Crippen LogP contribution in [-0.4, -0.2) is 31.0 Å². The van der Waals surface area contributed by atoms with Crippen molar-refractivity contribution in [3.63, 3.8) is 0 Å². The molecule has 2 aromatic heterocycles. The third kappa shape index (κ3) is 4.21. The number of hydrogen-bond acceptors (Lipinski definition) is 6. The average Bonchev–Trinajstić information content (AvgIpc) is 3.23. The number of aromatic nitrogens is 4. The van der Waals surface area contributed by atoms with Crippen molar-refractivity contribution < 1.29 is 4.92 Å². The van der Waals surface area contributed by atoms with Crippen molar-refractivity contribution >= 4 is 22.7 Å². The molecule has 0 saturated carbocycles. The first-order chi connectivity index (χ1) is 14.2. The number of nitro groups is 1. The molecule has 1 N–H and O–H groups in total. The van der Waals surface area contributed by atoms with Gasteiger partial charge in [0.2, 0.25) is 0 Å². The molecule has 0 bridgehead atoms. The van der Waals surface area contributed by atoms with Crippen LogP contribution in [0.4, 0.5) is 11.8 Å². The van der Waals surface area contributed by atoms with E-state index in [0.717, 1.165) is 35.1 Å². The fraction of sp³-hybridized carbons (Fsp3) is 0.190. The van der Waals surface area contributed by atoms with Crippen LogP contribution < -0.4 is 5.32 Å². The number of para-hydroxylation sites is 1. The van der Waals surface area contributed by atoms with E-state index in [9.17, 15) is 10.1 Å². The van der Waals surface area contributed by atoms with Gasteiger partial charge < -0.3 is 15.4 Å². The smallest absolute Gasteiger partial charge is 0.390 e. The summed E-state index contributed by atoms with van der Waals surface area (Å²) in [7, 11) is 0. The van der Waals surface area contributed by atoms with Crippen molar-refractivity contribution in [2.75, 3.05) is 11.9 Å². The zero-order chi connectivity index (χ0) is 20.1. The van der Waals surface area contributed by atoms with E-state index in [1.54, 1.807) is 10.8 Å². The predicted molar refractivity (Wildman–Crippen MR) is 112 cm³/mol. The Kier molecular flexibility index (Phi) is 5.42. The minimum Gasteiger partial charge on any atom is -0.390 e. The predicted octanol–water partition coefficient (Wildman–Crippen LogP) is 4.29. The van der Waals surface area contributed by atoms with Gasteiger partial charge >= 0.3 is 5.95 Å². The van der Waals surface area contributed by atoms with Gasteiger partial charge in [-0.05, 0) is 29.9 Å². The molecular weight excluding hydrogens is 368 g/mol. The van der Waals surface area contributed by atoms with Crippen molar-refractivity contribution in [2.24, 2.45) is 0 Å². The summed E-state index contributed by atoms with van der Waals surface area (Å²) in [6, 6.07) is 17.8. The molecule has 0 aliphatic rings. The number of hydrogen-bond donors (Lipinski definition) is 1. The lowest BCUT2D eigenvalue weighted by molar-refractivity contribution is -0.396. The number of benzene rings is 2. The lowest BCUT2D eigenvalue weighted by Gasteiger charge is -2.11. The Labute approximate surface area is 167 Å². The number of aryl methyl sites for hydroxylation is 1. The van der Waals surface area contributed by atoms with Crippen LogP contribution >= 0.6 is 0 Å². The van der Waals surface area contributed by atoms with E-state index in [4.69, 9.17) is 4.98 Å². The van der Waals surface area contributed by atoms with Gasteiger partial charge in [-0.1, -0.05) is 47.4 Å². The van der Waals surface area contributed by atoms with E-state index in [1.807, 2.05) is 54.6 Å². The molecule has 146 valence electrons. The van der Waals surface area contributed by atoms with Gasteiger partial charge in [-0.3, -0.25) is 0 Å². The number of rotatable bonds is 8. The summed E-state index contributed by atoms with van der Waals surface area (Å²) in [5, 5.41) is 15.3. The van der Waals surface area contributed by atoms with Crippen LogP contribution in [0.15, 0.2) is 67.0 Å². The molecule has 0 saturated heterocycles. The number of nitrogens with zero attached hydrogens (tertiary/aromatic N) is 5. The van der Waals surface area contributed by atoms with Crippen molar-refractivity contribution in [2.45, 2.75) is 19.4 Å². The number of imidazole rings is 1. The molecule has 0 atom stereocenters. The van der Waals surface area contributed by atoms with Crippen molar-refractivity contribution in [3.8, 4) is 11.4 Å². The quantitative estimate of drug-likeness (QED) is 0.275. The van der Waals surface area contributed by atoms with Gasteiger partial charge in [0.15, 0.2) is 5.82 Å². The van der Waals surface area contributed by atoms with E-state index in [1.165, 1.54) is 6.20 Å². The van der Waals surface area contributed by atoms with Crippen LogP contribution in [0.3, 0.4) is 0 Å². The van der Waals surface area contributed by atoms with Crippen LogP contribution in [0.5, 0.6) is 0 Å². The fourth-order valence-corrected chi connectivity index (χ4v) is 3.19.